The number of hydrogen-bond donors (Lipinski definition) is 1. The summed E-state index contributed by atoms with van der Waals surface area (Å²) in [6.07, 6.45) is 6.99. The molecule has 0 aliphatic carbocycles. The topological polar surface area (TPSA) is 96.5 Å². The normalized spacial score (nSPS) is 13.3. The highest BCUT2D eigenvalue weighted by Crippen LogP contribution is 2.37. The lowest BCUT2D eigenvalue weighted by atomic mass is 10.1. The van der Waals surface area contributed by atoms with E-state index >= 15 is 0 Å². The number of rotatable bonds is 6. The third kappa shape index (κ3) is 3.87. The van der Waals surface area contributed by atoms with Gasteiger partial charge in [0.15, 0.2) is 11.6 Å². The molecule has 0 unspecified atom stereocenters. The Morgan fingerprint density at radius 2 is 2.06 bits per heavy atom. The number of fused-ring (bicyclic) bond motifs is 2. The molecule has 0 bridgehead atoms. The summed E-state index contributed by atoms with van der Waals surface area (Å²) >= 11 is 0. The van der Waals surface area contributed by atoms with Gasteiger partial charge in [0.1, 0.15) is 5.69 Å². The molecule has 0 atom stereocenters. The van der Waals surface area contributed by atoms with Crippen molar-refractivity contribution in [3.63, 3.8) is 0 Å². The minimum atomic E-state index is -0.422. The molecule has 9 heteroatoms. The predicted octanol–water partition coefficient (Wildman–Crippen LogP) is 3.41. The Kier molecular flexibility index (Phi) is 5.62. The lowest BCUT2D eigenvalue weighted by Crippen LogP contribution is -2.41. The second-order valence-electron chi connectivity index (χ2n) is 7.70. The van der Waals surface area contributed by atoms with Crippen LogP contribution in [0.15, 0.2) is 55.1 Å². The third-order valence-electron chi connectivity index (χ3n) is 5.79. The SMILES string of the molecule is COCCN1CCN(c2cncc(C(=O)OC)c2)c2cnc(-c3cccc4[nH]ccc34)nc21. The Balaban J connectivity index is 1.59. The van der Waals surface area contributed by atoms with Gasteiger partial charge in [0.25, 0.3) is 0 Å². The lowest BCUT2D eigenvalue weighted by Gasteiger charge is -2.37. The molecule has 1 aromatic carbocycles. The van der Waals surface area contributed by atoms with Crippen molar-refractivity contribution in [3.05, 3.63) is 60.7 Å². The fourth-order valence-corrected chi connectivity index (χ4v) is 4.14. The molecule has 1 aliphatic heterocycles. The Bertz CT molecular complexity index is 1300. The molecule has 4 heterocycles. The highest BCUT2D eigenvalue weighted by Gasteiger charge is 2.27. The zero-order chi connectivity index (χ0) is 22.8. The first-order valence-electron chi connectivity index (χ1n) is 10.7. The average molecular weight is 444 g/mol. The van der Waals surface area contributed by atoms with Crippen molar-refractivity contribution in [2.75, 3.05) is 50.3 Å². The van der Waals surface area contributed by atoms with E-state index in [2.05, 4.69) is 19.8 Å². The largest absolute Gasteiger partial charge is 0.465 e. The second-order valence-corrected chi connectivity index (χ2v) is 7.70. The number of benzene rings is 1. The fraction of sp³-hybridized carbons (Fsp3) is 0.250. The summed E-state index contributed by atoms with van der Waals surface area (Å²) in [7, 11) is 3.05. The van der Waals surface area contributed by atoms with Gasteiger partial charge >= 0.3 is 5.97 Å². The van der Waals surface area contributed by atoms with Crippen molar-refractivity contribution < 1.29 is 14.3 Å². The van der Waals surface area contributed by atoms with Gasteiger partial charge in [-0.2, -0.15) is 0 Å². The third-order valence-corrected chi connectivity index (χ3v) is 5.79. The van der Waals surface area contributed by atoms with Crippen LogP contribution in [0.3, 0.4) is 0 Å². The van der Waals surface area contributed by atoms with Crippen LogP contribution in [0.2, 0.25) is 0 Å². The van der Waals surface area contributed by atoms with Gasteiger partial charge in [-0.05, 0) is 18.2 Å². The smallest absolute Gasteiger partial charge is 0.339 e. The Labute approximate surface area is 191 Å². The van der Waals surface area contributed by atoms with Crippen molar-refractivity contribution >= 4 is 34.1 Å². The monoisotopic (exact) mass is 444 g/mol. The summed E-state index contributed by atoms with van der Waals surface area (Å²) in [4.78, 5) is 33.5. The van der Waals surface area contributed by atoms with E-state index in [0.717, 1.165) is 40.2 Å². The van der Waals surface area contributed by atoms with Crippen molar-refractivity contribution in [2.45, 2.75) is 0 Å². The number of carbonyl (C=O) groups is 1. The van der Waals surface area contributed by atoms with Gasteiger partial charge in [-0.15, -0.1) is 0 Å². The molecule has 0 spiro atoms. The molecule has 4 aromatic rings. The predicted molar refractivity (Wildman–Crippen MR) is 126 cm³/mol. The number of pyridine rings is 1. The quantitative estimate of drug-likeness (QED) is 0.452. The number of nitrogens with one attached hydrogen (secondary N) is 1. The van der Waals surface area contributed by atoms with Gasteiger partial charge in [0.05, 0.1) is 37.4 Å². The van der Waals surface area contributed by atoms with E-state index in [0.29, 0.717) is 31.1 Å². The zero-order valence-electron chi connectivity index (χ0n) is 18.5. The second kappa shape index (κ2) is 8.87. The molecule has 33 heavy (non-hydrogen) atoms. The molecule has 3 aromatic heterocycles. The van der Waals surface area contributed by atoms with E-state index < -0.39 is 5.97 Å². The van der Waals surface area contributed by atoms with Crippen LogP contribution in [0.5, 0.6) is 0 Å². The molecule has 1 N–H and O–H groups in total. The molecule has 168 valence electrons. The molecule has 0 saturated carbocycles. The van der Waals surface area contributed by atoms with E-state index in [1.807, 2.05) is 36.7 Å². The minimum absolute atomic E-state index is 0.398. The highest BCUT2D eigenvalue weighted by atomic mass is 16.5. The summed E-state index contributed by atoms with van der Waals surface area (Å²) in [5.41, 5.74) is 4.04. The number of aromatic nitrogens is 4. The summed E-state index contributed by atoms with van der Waals surface area (Å²) in [5.74, 6) is 1.05. The first-order valence-corrected chi connectivity index (χ1v) is 10.7. The molecular weight excluding hydrogens is 420 g/mol. The Morgan fingerprint density at radius 1 is 1.15 bits per heavy atom. The van der Waals surface area contributed by atoms with Gasteiger partial charge in [-0.3, -0.25) is 4.98 Å². The lowest BCUT2D eigenvalue weighted by molar-refractivity contribution is 0.0600. The van der Waals surface area contributed by atoms with E-state index in [1.54, 1.807) is 19.4 Å². The van der Waals surface area contributed by atoms with Gasteiger partial charge in [0, 0.05) is 55.6 Å². The maximum atomic E-state index is 12.0. The van der Waals surface area contributed by atoms with Gasteiger partial charge < -0.3 is 24.3 Å². The van der Waals surface area contributed by atoms with Crippen LogP contribution in [0.1, 0.15) is 10.4 Å². The molecule has 0 fully saturated rings. The number of H-pyrrole nitrogens is 1. The number of ether oxygens (including phenoxy) is 2. The van der Waals surface area contributed by atoms with E-state index in [1.165, 1.54) is 13.3 Å². The number of esters is 1. The van der Waals surface area contributed by atoms with E-state index in [9.17, 15) is 4.79 Å². The summed E-state index contributed by atoms with van der Waals surface area (Å²) < 4.78 is 10.2. The number of carbonyl (C=O) groups excluding carboxylic acids is 1. The molecule has 9 nitrogen and oxygen atoms in total. The number of methoxy groups -OCH3 is 2. The molecule has 0 radical (unpaired) electrons. The number of hydrogen-bond acceptors (Lipinski definition) is 8. The summed E-state index contributed by atoms with van der Waals surface area (Å²) in [5, 5.41) is 1.07. The van der Waals surface area contributed by atoms with Crippen LogP contribution in [0, 0.1) is 0 Å². The van der Waals surface area contributed by atoms with Crippen molar-refractivity contribution in [3.8, 4) is 11.4 Å². The van der Waals surface area contributed by atoms with E-state index in [4.69, 9.17) is 19.4 Å². The molecule has 5 rings (SSSR count). The zero-order valence-corrected chi connectivity index (χ0v) is 18.5. The first-order chi connectivity index (χ1) is 16.2. The first kappa shape index (κ1) is 20.9. The maximum Gasteiger partial charge on any atom is 0.339 e. The standard InChI is InChI=1S/C24H24N6O3/c1-32-11-10-29-8-9-30(17-12-16(13-25-14-17)24(31)33-2)21-15-27-22(28-23(21)29)19-4-3-5-20-18(19)6-7-26-20/h3-7,12-15,26H,8-11H2,1-2H3. The highest BCUT2D eigenvalue weighted by molar-refractivity contribution is 5.94. The average Bonchev–Trinajstić information content (AvgIpc) is 3.35. The molecule has 0 amide bonds. The van der Waals surface area contributed by atoms with Crippen LogP contribution in [0.4, 0.5) is 17.2 Å². The van der Waals surface area contributed by atoms with Gasteiger partial charge in [0.2, 0.25) is 0 Å². The van der Waals surface area contributed by atoms with Crippen molar-refractivity contribution in [1.82, 2.24) is 19.9 Å². The van der Waals surface area contributed by atoms with Gasteiger partial charge in [-0.25, -0.2) is 14.8 Å². The van der Waals surface area contributed by atoms with Crippen molar-refractivity contribution in [2.24, 2.45) is 0 Å². The van der Waals surface area contributed by atoms with Crippen molar-refractivity contribution in [1.29, 1.82) is 0 Å². The Hall–Kier alpha value is -3.98. The molecule has 0 saturated heterocycles. The van der Waals surface area contributed by atoms with Crippen LogP contribution in [0.25, 0.3) is 22.3 Å². The Morgan fingerprint density at radius 3 is 2.91 bits per heavy atom. The van der Waals surface area contributed by atoms with Crippen LogP contribution < -0.4 is 9.80 Å². The summed E-state index contributed by atoms with van der Waals surface area (Å²) in [6.45, 7) is 2.73. The maximum absolute atomic E-state index is 12.0. The number of aromatic amines is 1. The van der Waals surface area contributed by atoms with E-state index in [-0.39, 0.29) is 0 Å². The van der Waals surface area contributed by atoms with Crippen LogP contribution >= 0.6 is 0 Å². The van der Waals surface area contributed by atoms with Gasteiger partial charge in [-0.1, -0.05) is 12.1 Å². The number of anilines is 3. The van der Waals surface area contributed by atoms with Crippen LogP contribution in [-0.4, -0.2) is 66.4 Å². The molecule has 1 aliphatic rings. The number of nitrogens with zero attached hydrogens (tertiary/aromatic N) is 5. The minimum Gasteiger partial charge on any atom is -0.465 e. The fourth-order valence-electron chi connectivity index (χ4n) is 4.14. The molecular formula is C24H24N6O3. The van der Waals surface area contributed by atoms with Crippen LogP contribution in [-0.2, 0) is 9.47 Å². The summed E-state index contributed by atoms with van der Waals surface area (Å²) in [6, 6.07) is 9.87.